The first kappa shape index (κ1) is 21.4. The zero-order valence-electron chi connectivity index (χ0n) is 15.8. The number of rotatable bonds is 8. The van der Waals surface area contributed by atoms with Gasteiger partial charge in [-0.05, 0) is 48.9 Å². The molecular formula is C19H22N2O6S. The third-order valence-corrected chi connectivity index (χ3v) is 5.49. The van der Waals surface area contributed by atoms with Crippen LogP contribution in [-0.2, 0) is 26.1 Å². The fraction of sp³-hybridized carbons (Fsp3) is 0.263. The molecule has 0 aliphatic rings. The van der Waals surface area contributed by atoms with Crippen LogP contribution in [-0.4, -0.2) is 40.6 Å². The molecule has 0 bridgehead atoms. The number of nitrogens with one attached hydrogen (secondary N) is 2. The van der Waals surface area contributed by atoms with E-state index in [2.05, 4.69) is 14.8 Å². The Bertz CT molecular complexity index is 924. The first-order chi connectivity index (χ1) is 13.3. The van der Waals surface area contributed by atoms with Crippen molar-refractivity contribution in [2.24, 2.45) is 0 Å². The van der Waals surface area contributed by atoms with E-state index in [1.54, 1.807) is 24.3 Å². The minimum atomic E-state index is -3.85. The predicted molar refractivity (Wildman–Crippen MR) is 102 cm³/mol. The molecule has 2 aromatic carbocycles. The Labute approximate surface area is 163 Å². The van der Waals surface area contributed by atoms with Crippen LogP contribution in [0.4, 0.5) is 0 Å². The SMILES string of the molecule is COC(=O)c1ccc(CNC(=O)[C@H](C)NS(=O)(=O)c2ccc(OC)cc2)cc1. The van der Waals surface area contributed by atoms with Crippen LogP contribution in [0.3, 0.4) is 0 Å². The summed E-state index contributed by atoms with van der Waals surface area (Å²) in [5.74, 6) is -0.394. The number of benzene rings is 2. The molecule has 0 fully saturated rings. The Morgan fingerprint density at radius 1 is 1.00 bits per heavy atom. The average molecular weight is 406 g/mol. The standard InChI is InChI=1S/C19H22N2O6S/c1-13(21-28(24,25)17-10-8-16(26-2)9-11-17)18(22)20-12-14-4-6-15(7-5-14)19(23)27-3/h4-11,13,21H,12H2,1-3H3,(H,20,22)/t13-/m0/s1. The molecule has 0 unspecified atom stereocenters. The molecule has 9 heteroatoms. The molecule has 1 amide bonds. The first-order valence-electron chi connectivity index (χ1n) is 8.38. The van der Waals surface area contributed by atoms with E-state index in [0.717, 1.165) is 5.56 Å². The highest BCUT2D eigenvalue weighted by Crippen LogP contribution is 2.15. The van der Waals surface area contributed by atoms with Gasteiger partial charge in [-0.2, -0.15) is 4.72 Å². The summed E-state index contributed by atoms with van der Waals surface area (Å²) in [6.45, 7) is 1.64. The van der Waals surface area contributed by atoms with E-state index in [4.69, 9.17) is 4.74 Å². The lowest BCUT2D eigenvalue weighted by Gasteiger charge is -2.15. The van der Waals surface area contributed by atoms with Gasteiger partial charge in [0.15, 0.2) is 0 Å². The van der Waals surface area contributed by atoms with E-state index in [1.165, 1.54) is 45.4 Å². The van der Waals surface area contributed by atoms with Gasteiger partial charge in [0.25, 0.3) is 0 Å². The second kappa shape index (κ2) is 9.34. The Kier molecular flexibility index (Phi) is 7.13. The highest BCUT2D eigenvalue weighted by molar-refractivity contribution is 7.89. The molecule has 1 atom stereocenters. The Hall–Kier alpha value is -2.91. The monoisotopic (exact) mass is 406 g/mol. The topological polar surface area (TPSA) is 111 Å². The van der Waals surface area contributed by atoms with Gasteiger partial charge in [-0.25, -0.2) is 13.2 Å². The van der Waals surface area contributed by atoms with Gasteiger partial charge < -0.3 is 14.8 Å². The summed E-state index contributed by atoms with van der Waals surface area (Å²) >= 11 is 0. The fourth-order valence-corrected chi connectivity index (χ4v) is 3.53. The number of carbonyl (C=O) groups excluding carboxylic acids is 2. The van der Waals surface area contributed by atoms with Crippen LogP contribution < -0.4 is 14.8 Å². The van der Waals surface area contributed by atoms with Crippen LogP contribution in [0.15, 0.2) is 53.4 Å². The van der Waals surface area contributed by atoms with Gasteiger partial charge in [-0.3, -0.25) is 4.79 Å². The molecule has 0 aromatic heterocycles. The largest absolute Gasteiger partial charge is 0.497 e. The number of carbonyl (C=O) groups is 2. The maximum absolute atomic E-state index is 12.4. The number of methoxy groups -OCH3 is 2. The molecule has 0 saturated carbocycles. The first-order valence-corrected chi connectivity index (χ1v) is 9.86. The Morgan fingerprint density at radius 3 is 2.14 bits per heavy atom. The number of amides is 1. The molecule has 0 spiro atoms. The molecule has 0 saturated heterocycles. The maximum atomic E-state index is 12.4. The predicted octanol–water partition coefficient (Wildman–Crippen LogP) is 1.46. The molecule has 0 radical (unpaired) electrons. The molecule has 2 rings (SSSR count). The summed E-state index contributed by atoms with van der Waals surface area (Å²) in [7, 11) is -1.07. The van der Waals surface area contributed by atoms with Crippen molar-refractivity contribution >= 4 is 21.9 Å². The number of hydrogen-bond acceptors (Lipinski definition) is 6. The second-order valence-electron chi connectivity index (χ2n) is 5.92. The van der Waals surface area contributed by atoms with Crippen LogP contribution in [0.25, 0.3) is 0 Å². The van der Waals surface area contributed by atoms with Crippen LogP contribution >= 0.6 is 0 Å². The third kappa shape index (κ3) is 5.54. The van der Waals surface area contributed by atoms with Crippen LogP contribution in [0.1, 0.15) is 22.8 Å². The molecule has 150 valence electrons. The van der Waals surface area contributed by atoms with Gasteiger partial charge >= 0.3 is 5.97 Å². The van der Waals surface area contributed by atoms with Gasteiger partial charge in [0.1, 0.15) is 5.75 Å². The molecule has 8 nitrogen and oxygen atoms in total. The van der Waals surface area contributed by atoms with Crippen molar-refractivity contribution < 1.29 is 27.5 Å². The number of esters is 1. The van der Waals surface area contributed by atoms with E-state index in [1.807, 2.05) is 0 Å². The Balaban J connectivity index is 1.93. The van der Waals surface area contributed by atoms with E-state index < -0.39 is 27.9 Å². The zero-order valence-corrected chi connectivity index (χ0v) is 16.6. The van der Waals surface area contributed by atoms with E-state index >= 15 is 0 Å². The summed E-state index contributed by atoms with van der Waals surface area (Å²) in [6, 6.07) is 11.4. The van der Waals surface area contributed by atoms with Crippen molar-refractivity contribution in [1.29, 1.82) is 0 Å². The zero-order chi connectivity index (χ0) is 20.7. The van der Waals surface area contributed by atoms with Crippen molar-refractivity contribution in [3.63, 3.8) is 0 Å². The van der Waals surface area contributed by atoms with Crippen LogP contribution in [0, 0.1) is 0 Å². The molecule has 2 N–H and O–H groups in total. The van der Waals surface area contributed by atoms with E-state index in [9.17, 15) is 18.0 Å². The fourth-order valence-electron chi connectivity index (χ4n) is 2.33. The van der Waals surface area contributed by atoms with Crippen LogP contribution in [0.2, 0.25) is 0 Å². The van der Waals surface area contributed by atoms with Crippen molar-refractivity contribution in [2.45, 2.75) is 24.4 Å². The quantitative estimate of drug-likeness (QED) is 0.642. The molecule has 0 aliphatic carbocycles. The van der Waals surface area contributed by atoms with Crippen molar-refractivity contribution in [3.8, 4) is 5.75 Å². The minimum Gasteiger partial charge on any atom is -0.497 e. The van der Waals surface area contributed by atoms with Crippen molar-refractivity contribution in [1.82, 2.24) is 10.0 Å². The van der Waals surface area contributed by atoms with E-state index in [0.29, 0.717) is 11.3 Å². The second-order valence-corrected chi connectivity index (χ2v) is 7.64. The third-order valence-electron chi connectivity index (χ3n) is 3.94. The molecule has 0 heterocycles. The molecule has 28 heavy (non-hydrogen) atoms. The number of ether oxygens (including phenoxy) is 2. The summed E-state index contributed by atoms with van der Waals surface area (Å²) in [5.41, 5.74) is 1.16. The highest BCUT2D eigenvalue weighted by atomic mass is 32.2. The maximum Gasteiger partial charge on any atom is 0.337 e. The lowest BCUT2D eigenvalue weighted by molar-refractivity contribution is -0.122. The van der Waals surface area contributed by atoms with Gasteiger partial charge in [-0.1, -0.05) is 12.1 Å². The normalized spacial score (nSPS) is 12.1. The summed E-state index contributed by atoms with van der Waals surface area (Å²) in [4.78, 5) is 23.7. The van der Waals surface area contributed by atoms with Gasteiger partial charge in [0.2, 0.25) is 15.9 Å². The van der Waals surface area contributed by atoms with E-state index in [-0.39, 0.29) is 11.4 Å². The molecule has 2 aromatic rings. The van der Waals surface area contributed by atoms with Crippen LogP contribution in [0.5, 0.6) is 5.75 Å². The summed E-state index contributed by atoms with van der Waals surface area (Å²) in [6.07, 6.45) is 0. The summed E-state index contributed by atoms with van der Waals surface area (Å²) < 4.78 is 36.7. The minimum absolute atomic E-state index is 0.0337. The number of hydrogen-bond donors (Lipinski definition) is 2. The highest BCUT2D eigenvalue weighted by Gasteiger charge is 2.22. The lowest BCUT2D eigenvalue weighted by atomic mass is 10.1. The molecule has 0 aliphatic heterocycles. The number of sulfonamides is 1. The molecular weight excluding hydrogens is 384 g/mol. The summed E-state index contributed by atoms with van der Waals surface area (Å²) in [5, 5.41) is 2.65. The van der Waals surface area contributed by atoms with Gasteiger partial charge in [0.05, 0.1) is 30.7 Å². The Morgan fingerprint density at radius 2 is 1.61 bits per heavy atom. The van der Waals surface area contributed by atoms with Crippen molar-refractivity contribution in [2.75, 3.05) is 14.2 Å². The van der Waals surface area contributed by atoms with Gasteiger partial charge in [-0.15, -0.1) is 0 Å². The smallest absolute Gasteiger partial charge is 0.337 e. The van der Waals surface area contributed by atoms with Crippen molar-refractivity contribution in [3.05, 3.63) is 59.7 Å². The average Bonchev–Trinajstić information content (AvgIpc) is 2.71. The lowest BCUT2D eigenvalue weighted by Crippen LogP contribution is -2.44. The van der Waals surface area contributed by atoms with Gasteiger partial charge in [0, 0.05) is 6.54 Å².